The minimum atomic E-state index is -0.323. The number of nitro groups is 1. The number of nitrogens with one attached hydrogen (secondary N) is 1. The predicted molar refractivity (Wildman–Crippen MR) is 68.3 cm³/mol. The topological polar surface area (TPSA) is 55.2 Å². The molecule has 0 radical (unpaired) electrons. The summed E-state index contributed by atoms with van der Waals surface area (Å²) >= 11 is 0. The number of hydrogen-bond donors (Lipinski definition) is 1. The van der Waals surface area contributed by atoms with Gasteiger partial charge in [-0.05, 0) is 31.2 Å². The zero-order valence-corrected chi connectivity index (χ0v) is 10.1. The van der Waals surface area contributed by atoms with Crippen LogP contribution in [0.4, 0.5) is 11.4 Å². The lowest BCUT2D eigenvalue weighted by Crippen LogP contribution is -2.06. The van der Waals surface area contributed by atoms with Crippen molar-refractivity contribution in [2.75, 3.05) is 11.9 Å². The van der Waals surface area contributed by atoms with Gasteiger partial charge in [-0.2, -0.15) is 0 Å². The van der Waals surface area contributed by atoms with Gasteiger partial charge in [0.2, 0.25) is 0 Å². The average Bonchev–Trinajstić information content (AvgIpc) is 3.09. The zero-order valence-electron chi connectivity index (χ0n) is 10.1. The van der Waals surface area contributed by atoms with Crippen LogP contribution in [-0.2, 0) is 0 Å². The first kappa shape index (κ1) is 11.9. The Bertz CT molecular complexity index is 414. The number of nitrogens with zero attached hydrogens (tertiary/aromatic N) is 1. The average molecular weight is 234 g/mol. The molecule has 1 aromatic carbocycles. The molecule has 0 bridgehead atoms. The number of rotatable bonds is 6. The van der Waals surface area contributed by atoms with Crippen molar-refractivity contribution in [3.63, 3.8) is 0 Å². The van der Waals surface area contributed by atoms with Crippen LogP contribution < -0.4 is 5.32 Å². The third-order valence-corrected chi connectivity index (χ3v) is 3.24. The Kier molecular flexibility index (Phi) is 3.61. The van der Waals surface area contributed by atoms with Crippen molar-refractivity contribution in [1.29, 1.82) is 0 Å². The van der Waals surface area contributed by atoms with E-state index in [0.717, 1.165) is 24.4 Å². The maximum absolute atomic E-state index is 10.9. The second kappa shape index (κ2) is 5.17. The van der Waals surface area contributed by atoms with Crippen LogP contribution in [0.25, 0.3) is 0 Å². The molecule has 4 nitrogen and oxygen atoms in total. The summed E-state index contributed by atoms with van der Waals surface area (Å²) in [4.78, 5) is 10.6. The van der Waals surface area contributed by atoms with Crippen LogP contribution in [0.1, 0.15) is 31.2 Å². The molecule has 1 saturated carbocycles. The lowest BCUT2D eigenvalue weighted by molar-refractivity contribution is -0.384. The van der Waals surface area contributed by atoms with Gasteiger partial charge in [0.25, 0.3) is 5.69 Å². The maximum atomic E-state index is 10.9. The predicted octanol–water partition coefficient (Wildman–Crippen LogP) is 3.51. The van der Waals surface area contributed by atoms with Crippen LogP contribution in [0.15, 0.2) is 18.2 Å². The molecule has 92 valence electrons. The number of anilines is 1. The lowest BCUT2D eigenvalue weighted by atomic mass is 10.1. The van der Waals surface area contributed by atoms with Gasteiger partial charge in [0.05, 0.1) is 4.92 Å². The normalized spacial score (nSPS) is 14.6. The quantitative estimate of drug-likeness (QED) is 0.465. The Morgan fingerprint density at radius 2 is 2.24 bits per heavy atom. The molecule has 0 heterocycles. The minimum absolute atomic E-state index is 0.177. The van der Waals surface area contributed by atoms with E-state index in [9.17, 15) is 10.1 Å². The summed E-state index contributed by atoms with van der Waals surface area (Å²) in [5.74, 6) is 0.920. The molecule has 0 atom stereocenters. The minimum Gasteiger partial charge on any atom is -0.379 e. The van der Waals surface area contributed by atoms with Gasteiger partial charge in [0, 0.05) is 12.6 Å². The Morgan fingerprint density at radius 1 is 1.47 bits per heavy atom. The summed E-state index contributed by atoms with van der Waals surface area (Å²) < 4.78 is 0. The van der Waals surface area contributed by atoms with Crippen molar-refractivity contribution in [3.8, 4) is 0 Å². The fourth-order valence-corrected chi connectivity index (χ4v) is 2.05. The Balaban J connectivity index is 1.94. The standard InChI is InChI=1S/C13H18N2O2/c1-10-4-2-6-12(15(16)17)13(10)14-9-3-5-11-7-8-11/h2,4,6,11,14H,3,5,7-9H2,1H3. The second-order valence-corrected chi connectivity index (χ2v) is 4.74. The van der Waals surface area contributed by atoms with Crippen LogP contribution in [0.2, 0.25) is 0 Å². The second-order valence-electron chi connectivity index (χ2n) is 4.74. The molecule has 1 N–H and O–H groups in total. The molecule has 1 aliphatic carbocycles. The van der Waals surface area contributed by atoms with E-state index in [1.807, 2.05) is 13.0 Å². The smallest absolute Gasteiger partial charge is 0.292 e. The molecule has 4 heteroatoms. The van der Waals surface area contributed by atoms with Crippen molar-refractivity contribution in [1.82, 2.24) is 0 Å². The molecule has 0 unspecified atom stereocenters. The van der Waals surface area contributed by atoms with Gasteiger partial charge in [0.1, 0.15) is 5.69 Å². The molecule has 1 aliphatic rings. The van der Waals surface area contributed by atoms with Gasteiger partial charge in [-0.15, -0.1) is 0 Å². The van der Waals surface area contributed by atoms with Gasteiger partial charge in [-0.3, -0.25) is 10.1 Å². The van der Waals surface area contributed by atoms with Crippen molar-refractivity contribution in [2.45, 2.75) is 32.6 Å². The van der Waals surface area contributed by atoms with Gasteiger partial charge in [0.15, 0.2) is 0 Å². The first-order valence-corrected chi connectivity index (χ1v) is 6.16. The number of aryl methyl sites for hydroxylation is 1. The van der Waals surface area contributed by atoms with Gasteiger partial charge >= 0.3 is 0 Å². The summed E-state index contributed by atoms with van der Waals surface area (Å²) in [6, 6.07) is 5.18. The molecule has 0 saturated heterocycles. The number of nitro benzene ring substituents is 1. The monoisotopic (exact) mass is 234 g/mol. The molecule has 17 heavy (non-hydrogen) atoms. The fourth-order valence-electron chi connectivity index (χ4n) is 2.05. The summed E-state index contributed by atoms with van der Waals surface area (Å²) in [5.41, 5.74) is 1.79. The summed E-state index contributed by atoms with van der Waals surface area (Å²) in [6.45, 7) is 2.72. The van der Waals surface area contributed by atoms with Crippen molar-refractivity contribution >= 4 is 11.4 Å². The van der Waals surface area contributed by atoms with Gasteiger partial charge < -0.3 is 5.32 Å². The molecular weight excluding hydrogens is 216 g/mol. The van der Waals surface area contributed by atoms with E-state index in [1.165, 1.54) is 19.3 Å². The summed E-state index contributed by atoms with van der Waals surface area (Å²) in [7, 11) is 0. The van der Waals surface area contributed by atoms with Gasteiger partial charge in [-0.1, -0.05) is 25.0 Å². The molecule has 1 fully saturated rings. The summed E-state index contributed by atoms with van der Waals surface area (Å²) in [5, 5.41) is 14.1. The van der Waals surface area contributed by atoms with Crippen LogP contribution >= 0.6 is 0 Å². The Labute approximate surface area is 101 Å². The molecular formula is C13H18N2O2. The van der Waals surface area contributed by atoms with E-state index in [-0.39, 0.29) is 10.6 Å². The Morgan fingerprint density at radius 3 is 2.88 bits per heavy atom. The zero-order chi connectivity index (χ0) is 12.3. The molecule has 2 rings (SSSR count). The van der Waals surface area contributed by atoms with E-state index in [4.69, 9.17) is 0 Å². The van der Waals surface area contributed by atoms with Crippen LogP contribution in [0.3, 0.4) is 0 Å². The first-order chi connectivity index (χ1) is 8.18. The van der Waals surface area contributed by atoms with Gasteiger partial charge in [-0.25, -0.2) is 0 Å². The van der Waals surface area contributed by atoms with Crippen LogP contribution in [-0.4, -0.2) is 11.5 Å². The largest absolute Gasteiger partial charge is 0.379 e. The third-order valence-electron chi connectivity index (χ3n) is 3.24. The van der Waals surface area contributed by atoms with Crippen molar-refractivity contribution in [2.24, 2.45) is 5.92 Å². The van der Waals surface area contributed by atoms with E-state index in [2.05, 4.69) is 5.32 Å². The highest BCUT2D eigenvalue weighted by molar-refractivity contribution is 5.65. The molecule has 0 aromatic heterocycles. The molecule has 0 amide bonds. The van der Waals surface area contributed by atoms with Crippen molar-refractivity contribution in [3.05, 3.63) is 33.9 Å². The molecule has 1 aromatic rings. The lowest BCUT2D eigenvalue weighted by Gasteiger charge is -2.09. The highest BCUT2D eigenvalue weighted by Gasteiger charge is 2.20. The highest BCUT2D eigenvalue weighted by Crippen LogP contribution is 2.33. The fraction of sp³-hybridized carbons (Fsp3) is 0.538. The van der Waals surface area contributed by atoms with E-state index in [0.29, 0.717) is 5.69 Å². The maximum Gasteiger partial charge on any atom is 0.292 e. The number of para-hydroxylation sites is 1. The highest BCUT2D eigenvalue weighted by atomic mass is 16.6. The number of hydrogen-bond acceptors (Lipinski definition) is 3. The molecule has 0 aliphatic heterocycles. The third kappa shape index (κ3) is 3.19. The van der Waals surface area contributed by atoms with E-state index in [1.54, 1.807) is 12.1 Å². The number of benzene rings is 1. The van der Waals surface area contributed by atoms with Crippen molar-refractivity contribution < 1.29 is 4.92 Å². The first-order valence-electron chi connectivity index (χ1n) is 6.16. The Hall–Kier alpha value is -1.58. The van der Waals surface area contributed by atoms with E-state index < -0.39 is 0 Å². The van der Waals surface area contributed by atoms with E-state index >= 15 is 0 Å². The molecule has 0 spiro atoms. The SMILES string of the molecule is Cc1cccc([N+](=O)[O-])c1NCCCC1CC1. The van der Waals surface area contributed by atoms with Crippen LogP contribution in [0.5, 0.6) is 0 Å². The van der Waals surface area contributed by atoms with Crippen LogP contribution in [0, 0.1) is 23.0 Å². The summed E-state index contributed by atoms with van der Waals surface area (Å²) in [6.07, 6.45) is 5.07.